The lowest BCUT2D eigenvalue weighted by atomic mass is 9.59. The highest BCUT2D eigenvalue weighted by Crippen LogP contribution is 2.56. The summed E-state index contributed by atoms with van der Waals surface area (Å²) in [7, 11) is 0. The first-order chi connectivity index (χ1) is 8.54. The maximum absolute atomic E-state index is 11.9. The molecule has 3 heteroatoms. The number of carbonyl (C=O) groups is 1. The van der Waals surface area contributed by atoms with Crippen molar-refractivity contribution >= 4 is 5.97 Å². The van der Waals surface area contributed by atoms with Crippen molar-refractivity contribution in [1.29, 1.82) is 0 Å². The second kappa shape index (κ2) is 4.22. The minimum absolute atomic E-state index is 0.00870. The van der Waals surface area contributed by atoms with Gasteiger partial charge in [-0.25, -0.2) is 0 Å². The van der Waals surface area contributed by atoms with Crippen molar-refractivity contribution in [2.24, 2.45) is 23.2 Å². The zero-order valence-corrected chi connectivity index (χ0v) is 11.4. The van der Waals surface area contributed by atoms with E-state index in [4.69, 9.17) is 4.74 Å². The molecule has 3 rings (SSSR count). The average molecular weight is 252 g/mol. The van der Waals surface area contributed by atoms with Crippen LogP contribution in [0.3, 0.4) is 0 Å². The van der Waals surface area contributed by atoms with E-state index >= 15 is 0 Å². The molecule has 1 N–H and O–H groups in total. The molecule has 0 aromatic heterocycles. The number of ether oxygens (including phenoxy) is 1. The van der Waals surface area contributed by atoms with Crippen LogP contribution < -0.4 is 0 Å². The van der Waals surface area contributed by atoms with Crippen LogP contribution in [0.5, 0.6) is 0 Å². The van der Waals surface area contributed by atoms with E-state index in [0.717, 1.165) is 38.0 Å². The molecule has 0 aromatic carbocycles. The predicted molar refractivity (Wildman–Crippen MR) is 68.2 cm³/mol. The lowest BCUT2D eigenvalue weighted by molar-refractivity contribution is -0.159. The summed E-state index contributed by atoms with van der Waals surface area (Å²) in [5.74, 6) is 1.13. The summed E-state index contributed by atoms with van der Waals surface area (Å²) in [6.45, 7) is 4.58. The van der Waals surface area contributed by atoms with E-state index < -0.39 is 11.4 Å². The quantitative estimate of drug-likeness (QED) is 0.821. The molecule has 3 fully saturated rings. The van der Waals surface area contributed by atoms with Crippen LogP contribution >= 0.6 is 0 Å². The summed E-state index contributed by atoms with van der Waals surface area (Å²) in [4.78, 5) is 11.9. The van der Waals surface area contributed by atoms with E-state index in [1.54, 1.807) is 0 Å². The Morgan fingerprint density at radius 2 is 1.94 bits per heavy atom. The van der Waals surface area contributed by atoms with Gasteiger partial charge in [0.05, 0.1) is 17.6 Å². The van der Waals surface area contributed by atoms with Gasteiger partial charge >= 0.3 is 5.97 Å². The average Bonchev–Trinajstić information content (AvgIpc) is 2.93. The first kappa shape index (κ1) is 12.5. The normalized spacial score (nSPS) is 51.6. The first-order valence-corrected chi connectivity index (χ1v) is 7.43. The SMILES string of the molecule is CC1CCC(C2(C(=O)O)CC3CCC2O3)CC1C. The van der Waals surface area contributed by atoms with Gasteiger partial charge in [-0.15, -0.1) is 0 Å². The molecule has 18 heavy (non-hydrogen) atoms. The molecule has 0 radical (unpaired) electrons. The van der Waals surface area contributed by atoms with E-state index in [0.29, 0.717) is 11.8 Å². The highest BCUT2D eigenvalue weighted by Gasteiger charge is 2.61. The van der Waals surface area contributed by atoms with Crippen molar-refractivity contribution in [2.75, 3.05) is 0 Å². The van der Waals surface area contributed by atoms with Crippen LogP contribution in [0.1, 0.15) is 52.4 Å². The van der Waals surface area contributed by atoms with Gasteiger partial charge in [0, 0.05) is 0 Å². The van der Waals surface area contributed by atoms with Gasteiger partial charge < -0.3 is 9.84 Å². The third-order valence-electron chi connectivity index (χ3n) is 5.97. The molecule has 0 spiro atoms. The fourth-order valence-corrected chi connectivity index (χ4v) is 4.59. The number of hydrogen-bond acceptors (Lipinski definition) is 2. The summed E-state index contributed by atoms with van der Waals surface area (Å²) < 4.78 is 5.88. The fraction of sp³-hybridized carbons (Fsp3) is 0.933. The standard InChI is InChI=1S/C15H24O3/c1-9-3-4-11(7-10(9)2)15(14(16)17)8-12-5-6-13(15)18-12/h9-13H,3-8H2,1-2H3,(H,16,17). The highest BCUT2D eigenvalue weighted by atomic mass is 16.5. The molecule has 1 aliphatic carbocycles. The highest BCUT2D eigenvalue weighted by molar-refractivity contribution is 5.76. The van der Waals surface area contributed by atoms with Gasteiger partial charge in [-0.3, -0.25) is 4.79 Å². The van der Waals surface area contributed by atoms with E-state index in [1.807, 2.05) is 0 Å². The molecule has 2 heterocycles. The topological polar surface area (TPSA) is 46.5 Å². The molecule has 2 bridgehead atoms. The Kier molecular flexibility index (Phi) is 2.92. The molecule has 2 aliphatic heterocycles. The van der Waals surface area contributed by atoms with Gasteiger partial charge in [0.2, 0.25) is 0 Å². The Labute approximate surface area is 109 Å². The largest absolute Gasteiger partial charge is 0.481 e. The third-order valence-corrected chi connectivity index (χ3v) is 5.97. The number of hydrogen-bond donors (Lipinski definition) is 1. The smallest absolute Gasteiger partial charge is 0.312 e. The van der Waals surface area contributed by atoms with E-state index in [2.05, 4.69) is 13.8 Å². The summed E-state index contributed by atoms with van der Waals surface area (Å²) >= 11 is 0. The van der Waals surface area contributed by atoms with Gasteiger partial charge in [-0.2, -0.15) is 0 Å². The molecule has 1 saturated carbocycles. The minimum Gasteiger partial charge on any atom is -0.481 e. The molecule has 0 aromatic rings. The van der Waals surface area contributed by atoms with Crippen molar-refractivity contribution in [1.82, 2.24) is 0 Å². The lowest BCUT2D eigenvalue weighted by Crippen LogP contribution is -2.48. The monoisotopic (exact) mass is 252 g/mol. The third kappa shape index (κ3) is 1.63. The summed E-state index contributed by atoms with van der Waals surface area (Å²) in [6, 6.07) is 0. The predicted octanol–water partition coefficient (Wildman–Crippen LogP) is 3.08. The van der Waals surface area contributed by atoms with E-state index in [1.165, 1.54) is 6.42 Å². The summed E-state index contributed by atoms with van der Waals surface area (Å²) in [6.07, 6.45) is 6.32. The molecular weight excluding hydrogens is 228 g/mol. The van der Waals surface area contributed by atoms with Crippen molar-refractivity contribution < 1.29 is 14.6 Å². The summed E-state index contributed by atoms with van der Waals surface area (Å²) in [5.41, 5.74) is -0.558. The zero-order chi connectivity index (χ0) is 12.9. The number of fused-ring (bicyclic) bond motifs is 2. The molecule has 102 valence electrons. The van der Waals surface area contributed by atoms with Crippen molar-refractivity contribution in [3.8, 4) is 0 Å². The molecular formula is C15H24O3. The zero-order valence-electron chi connectivity index (χ0n) is 11.4. The van der Waals surface area contributed by atoms with Gasteiger partial charge in [0.25, 0.3) is 0 Å². The van der Waals surface area contributed by atoms with Gasteiger partial charge in [0.1, 0.15) is 0 Å². The van der Waals surface area contributed by atoms with Crippen LogP contribution in [0.2, 0.25) is 0 Å². The molecule has 6 unspecified atom stereocenters. The number of rotatable bonds is 2. The van der Waals surface area contributed by atoms with Crippen LogP contribution in [-0.4, -0.2) is 23.3 Å². The molecule has 0 amide bonds. The summed E-state index contributed by atoms with van der Waals surface area (Å²) in [5, 5.41) is 9.81. The van der Waals surface area contributed by atoms with Crippen molar-refractivity contribution in [3.63, 3.8) is 0 Å². The minimum atomic E-state index is -0.596. The Morgan fingerprint density at radius 3 is 2.44 bits per heavy atom. The van der Waals surface area contributed by atoms with Crippen LogP contribution in [0.4, 0.5) is 0 Å². The van der Waals surface area contributed by atoms with Crippen LogP contribution in [0.25, 0.3) is 0 Å². The maximum atomic E-state index is 11.9. The number of carboxylic acids is 1. The first-order valence-electron chi connectivity index (χ1n) is 7.43. The van der Waals surface area contributed by atoms with Crippen LogP contribution in [0.15, 0.2) is 0 Å². The van der Waals surface area contributed by atoms with Gasteiger partial charge in [-0.05, 0) is 49.9 Å². The Bertz CT molecular complexity index is 354. The Morgan fingerprint density at radius 1 is 1.17 bits per heavy atom. The Balaban J connectivity index is 1.85. The van der Waals surface area contributed by atoms with Crippen LogP contribution in [0, 0.1) is 23.2 Å². The molecule has 6 atom stereocenters. The Hall–Kier alpha value is -0.570. The van der Waals surface area contributed by atoms with Crippen molar-refractivity contribution in [3.05, 3.63) is 0 Å². The van der Waals surface area contributed by atoms with Crippen LogP contribution in [-0.2, 0) is 9.53 Å². The van der Waals surface area contributed by atoms with E-state index in [-0.39, 0.29) is 12.2 Å². The van der Waals surface area contributed by atoms with Crippen molar-refractivity contribution in [2.45, 2.75) is 64.6 Å². The molecule has 3 aliphatic rings. The lowest BCUT2D eigenvalue weighted by Gasteiger charge is -2.43. The van der Waals surface area contributed by atoms with Gasteiger partial charge in [0.15, 0.2) is 0 Å². The van der Waals surface area contributed by atoms with Gasteiger partial charge in [-0.1, -0.05) is 20.3 Å². The second-order valence-corrected chi connectivity index (χ2v) is 6.84. The number of aliphatic carboxylic acids is 1. The maximum Gasteiger partial charge on any atom is 0.312 e. The fourth-order valence-electron chi connectivity index (χ4n) is 4.59. The number of carboxylic acid groups (broad SMARTS) is 1. The molecule has 2 saturated heterocycles. The van der Waals surface area contributed by atoms with E-state index in [9.17, 15) is 9.90 Å². The second-order valence-electron chi connectivity index (χ2n) is 6.84. The molecule has 3 nitrogen and oxygen atoms in total.